The third-order valence-corrected chi connectivity index (χ3v) is 3.94. The van der Waals surface area contributed by atoms with Crippen molar-refractivity contribution in [2.45, 2.75) is 13.0 Å². The smallest absolute Gasteiger partial charge is 0.324 e. The molecular formula is C18H18N2O4. The number of urea groups is 1. The van der Waals surface area contributed by atoms with Gasteiger partial charge in [0.15, 0.2) is 0 Å². The molecule has 3 amide bonds. The lowest BCUT2D eigenvalue weighted by molar-refractivity contribution is -0.118. The fraction of sp³-hybridized carbons (Fsp3) is 0.222. The van der Waals surface area contributed by atoms with Crippen molar-refractivity contribution in [1.82, 2.24) is 10.2 Å². The molecule has 0 saturated carbocycles. The van der Waals surface area contributed by atoms with Crippen LogP contribution in [-0.2, 0) is 4.79 Å². The van der Waals surface area contributed by atoms with Crippen molar-refractivity contribution < 1.29 is 19.1 Å². The van der Waals surface area contributed by atoms with Gasteiger partial charge in [-0.1, -0.05) is 18.2 Å². The fourth-order valence-corrected chi connectivity index (χ4v) is 2.82. The van der Waals surface area contributed by atoms with E-state index in [1.807, 2.05) is 36.4 Å². The first-order valence-corrected chi connectivity index (χ1v) is 7.50. The van der Waals surface area contributed by atoms with Crippen LogP contribution in [0.15, 0.2) is 42.5 Å². The predicted octanol–water partition coefficient (Wildman–Crippen LogP) is 3.08. The van der Waals surface area contributed by atoms with Gasteiger partial charge in [0.25, 0.3) is 0 Å². The number of para-hydroxylation sites is 1. The maximum atomic E-state index is 12.3. The van der Waals surface area contributed by atoms with Gasteiger partial charge >= 0.3 is 6.03 Å². The first-order chi connectivity index (χ1) is 11.5. The number of rotatable bonds is 2. The number of ether oxygens (including phenoxy) is 2. The second-order valence-corrected chi connectivity index (χ2v) is 5.54. The minimum Gasteiger partial charge on any atom is -0.497 e. The molecule has 1 aliphatic rings. The zero-order valence-electron chi connectivity index (χ0n) is 13.7. The van der Waals surface area contributed by atoms with Crippen molar-refractivity contribution in [2.75, 3.05) is 14.2 Å². The van der Waals surface area contributed by atoms with Gasteiger partial charge in [0.2, 0.25) is 5.91 Å². The molecule has 6 nitrogen and oxygen atoms in total. The average molecular weight is 326 g/mol. The van der Waals surface area contributed by atoms with E-state index in [2.05, 4.69) is 5.32 Å². The van der Waals surface area contributed by atoms with Crippen molar-refractivity contribution in [3.05, 3.63) is 53.6 Å². The molecule has 0 aromatic heterocycles. The highest BCUT2D eigenvalue weighted by atomic mass is 16.5. The summed E-state index contributed by atoms with van der Waals surface area (Å²) >= 11 is 0. The van der Waals surface area contributed by atoms with Crippen molar-refractivity contribution in [3.63, 3.8) is 0 Å². The molecule has 124 valence electrons. The molecule has 0 spiro atoms. The van der Waals surface area contributed by atoms with Crippen LogP contribution < -0.4 is 14.8 Å². The van der Waals surface area contributed by atoms with Gasteiger partial charge in [-0.25, -0.2) is 4.79 Å². The van der Waals surface area contributed by atoms with E-state index in [9.17, 15) is 9.59 Å². The molecule has 1 heterocycles. The van der Waals surface area contributed by atoms with E-state index >= 15 is 0 Å². The van der Waals surface area contributed by atoms with Crippen molar-refractivity contribution in [3.8, 4) is 17.2 Å². The van der Waals surface area contributed by atoms with Crippen LogP contribution in [0.2, 0.25) is 0 Å². The van der Waals surface area contributed by atoms with Gasteiger partial charge in [0, 0.05) is 25.1 Å². The summed E-state index contributed by atoms with van der Waals surface area (Å²) < 4.78 is 11.2. The second-order valence-electron chi connectivity index (χ2n) is 5.54. The SMILES string of the molecule is COc1ccc2c(c1)C(N(C)C(=O)NC(C)=O)c1ccccc1O2. The number of benzene rings is 2. The van der Waals surface area contributed by atoms with Gasteiger partial charge < -0.3 is 14.4 Å². The molecule has 2 aromatic rings. The molecule has 0 radical (unpaired) electrons. The molecule has 1 unspecified atom stereocenters. The van der Waals surface area contributed by atoms with E-state index in [0.717, 1.165) is 11.1 Å². The third kappa shape index (κ3) is 2.78. The summed E-state index contributed by atoms with van der Waals surface area (Å²) in [5.74, 6) is 1.60. The summed E-state index contributed by atoms with van der Waals surface area (Å²) in [5.41, 5.74) is 1.65. The fourth-order valence-electron chi connectivity index (χ4n) is 2.82. The van der Waals surface area contributed by atoms with Gasteiger partial charge in [-0.2, -0.15) is 0 Å². The van der Waals surface area contributed by atoms with Crippen LogP contribution in [0.5, 0.6) is 17.2 Å². The second kappa shape index (κ2) is 6.23. The van der Waals surface area contributed by atoms with Gasteiger partial charge in [-0.05, 0) is 24.3 Å². The highest BCUT2D eigenvalue weighted by Crippen LogP contribution is 2.46. The number of amides is 3. The topological polar surface area (TPSA) is 67.9 Å². The Hall–Kier alpha value is -3.02. The molecule has 3 rings (SSSR count). The van der Waals surface area contributed by atoms with Crippen LogP contribution in [0.1, 0.15) is 24.1 Å². The first kappa shape index (κ1) is 15.9. The Morgan fingerprint density at radius 3 is 2.54 bits per heavy atom. The molecule has 0 aliphatic carbocycles. The Bertz CT molecular complexity index is 803. The normalized spacial score (nSPS) is 14.7. The maximum Gasteiger partial charge on any atom is 0.324 e. The van der Waals surface area contributed by atoms with Crippen LogP contribution in [0.4, 0.5) is 4.79 Å². The van der Waals surface area contributed by atoms with Crippen LogP contribution in [0.3, 0.4) is 0 Å². The Kier molecular flexibility index (Phi) is 4.12. The van der Waals surface area contributed by atoms with Gasteiger partial charge in [-0.3, -0.25) is 10.1 Å². The number of hydrogen-bond donors (Lipinski definition) is 1. The number of nitrogens with one attached hydrogen (secondary N) is 1. The van der Waals surface area contributed by atoms with E-state index in [4.69, 9.17) is 9.47 Å². The van der Waals surface area contributed by atoms with Crippen molar-refractivity contribution in [1.29, 1.82) is 0 Å². The van der Waals surface area contributed by atoms with E-state index < -0.39 is 11.9 Å². The number of hydrogen-bond acceptors (Lipinski definition) is 4. The Morgan fingerprint density at radius 1 is 1.12 bits per heavy atom. The lowest BCUT2D eigenvalue weighted by Crippen LogP contribution is -2.42. The number of carbonyl (C=O) groups is 2. The van der Waals surface area contributed by atoms with Gasteiger partial charge in [0.1, 0.15) is 17.2 Å². The molecule has 24 heavy (non-hydrogen) atoms. The third-order valence-electron chi connectivity index (χ3n) is 3.94. The zero-order chi connectivity index (χ0) is 17.3. The average Bonchev–Trinajstić information content (AvgIpc) is 2.58. The highest BCUT2D eigenvalue weighted by Gasteiger charge is 2.33. The zero-order valence-corrected chi connectivity index (χ0v) is 13.7. The van der Waals surface area contributed by atoms with Crippen LogP contribution >= 0.6 is 0 Å². The summed E-state index contributed by atoms with van der Waals surface area (Å²) in [5, 5.41) is 2.31. The standard InChI is InChI=1S/C18H18N2O4/c1-11(21)19-18(22)20(2)17-13-6-4-5-7-15(13)24-16-9-8-12(23-3)10-14(16)17/h4-10,17H,1-3H3,(H,19,21,22). The van der Waals surface area contributed by atoms with Crippen LogP contribution in [0, 0.1) is 0 Å². The Labute approximate surface area is 140 Å². The molecule has 1 atom stereocenters. The summed E-state index contributed by atoms with van der Waals surface area (Å²) in [6.45, 7) is 1.31. The number of imide groups is 1. The van der Waals surface area contributed by atoms with E-state index in [1.165, 1.54) is 11.8 Å². The summed E-state index contributed by atoms with van der Waals surface area (Å²) in [4.78, 5) is 25.1. The summed E-state index contributed by atoms with van der Waals surface area (Å²) in [7, 11) is 3.23. The molecule has 1 aliphatic heterocycles. The quantitative estimate of drug-likeness (QED) is 0.921. The van der Waals surface area contributed by atoms with Crippen LogP contribution in [0.25, 0.3) is 0 Å². The number of methoxy groups -OCH3 is 1. The van der Waals surface area contributed by atoms with Crippen molar-refractivity contribution in [2.24, 2.45) is 0 Å². The minimum atomic E-state index is -0.474. The highest BCUT2D eigenvalue weighted by molar-refractivity contribution is 5.93. The number of nitrogens with zero attached hydrogens (tertiary/aromatic N) is 1. The molecule has 0 fully saturated rings. The van der Waals surface area contributed by atoms with Crippen molar-refractivity contribution >= 4 is 11.9 Å². The lowest BCUT2D eigenvalue weighted by Gasteiger charge is -2.34. The lowest BCUT2D eigenvalue weighted by atomic mass is 9.93. The van der Waals surface area contributed by atoms with Crippen LogP contribution in [-0.4, -0.2) is 31.0 Å². The molecule has 2 aromatic carbocycles. The molecule has 0 saturated heterocycles. The Balaban J connectivity index is 2.09. The molecular weight excluding hydrogens is 308 g/mol. The van der Waals surface area contributed by atoms with Gasteiger partial charge in [-0.15, -0.1) is 0 Å². The minimum absolute atomic E-state index is 0.389. The molecule has 0 bridgehead atoms. The predicted molar refractivity (Wildman–Crippen MR) is 88.3 cm³/mol. The van der Waals surface area contributed by atoms with E-state index in [-0.39, 0.29) is 6.04 Å². The number of carbonyl (C=O) groups excluding carboxylic acids is 2. The van der Waals surface area contributed by atoms with Gasteiger partial charge in [0.05, 0.1) is 13.2 Å². The summed E-state index contributed by atoms with van der Waals surface area (Å²) in [6.07, 6.45) is 0. The largest absolute Gasteiger partial charge is 0.497 e. The number of fused-ring (bicyclic) bond motifs is 2. The first-order valence-electron chi connectivity index (χ1n) is 7.50. The van der Waals surface area contributed by atoms with E-state index in [0.29, 0.717) is 17.2 Å². The summed E-state index contributed by atoms with van der Waals surface area (Å²) in [6, 6.07) is 12.1. The Morgan fingerprint density at radius 2 is 1.83 bits per heavy atom. The molecule has 1 N–H and O–H groups in total. The van der Waals surface area contributed by atoms with E-state index in [1.54, 1.807) is 20.2 Å². The monoisotopic (exact) mass is 326 g/mol. The maximum absolute atomic E-state index is 12.3. The molecule has 6 heteroatoms.